The normalized spacial score (nSPS) is 12.1. The highest BCUT2D eigenvalue weighted by atomic mass is 32.2. The second-order valence-corrected chi connectivity index (χ2v) is 6.33. The summed E-state index contributed by atoms with van der Waals surface area (Å²) >= 11 is 3.06. The first kappa shape index (κ1) is 14.0. The summed E-state index contributed by atoms with van der Waals surface area (Å²) in [5, 5.41) is 8.94. The van der Waals surface area contributed by atoms with Crippen LogP contribution >= 0.6 is 23.1 Å². The Morgan fingerprint density at radius 2 is 2.11 bits per heavy atom. The molecule has 0 aliphatic heterocycles. The number of hydrogen-bond donors (Lipinski definition) is 0. The van der Waals surface area contributed by atoms with E-state index in [4.69, 9.17) is 4.74 Å². The number of methoxy groups -OCH3 is 1. The standard InChI is InChI=1S/C13H14N2O2S2/c1-9-14-15-13(19-9)18-8-11(12(16)17-2)10-6-4-3-5-7-10/h3-7,11H,8H2,1-2H3. The third kappa shape index (κ3) is 3.78. The minimum atomic E-state index is -0.277. The summed E-state index contributed by atoms with van der Waals surface area (Å²) < 4.78 is 5.75. The van der Waals surface area contributed by atoms with Gasteiger partial charge in [0.1, 0.15) is 5.01 Å². The first-order valence-corrected chi connectivity index (χ1v) is 7.56. The highest BCUT2D eigenvalue weighted by Crippen LogP contribution is 2.28. The van der Waals surface area contributed by atoms with Crippen molar-refractivity contribution in [3.63, 3.8) is 0 Å². The maximum Gasteiger partial charge on any atom is 0.313 e. The van der Waals surface area contributed by atoms with Crippen molar-refractivity contribution < 1.29 is 9.53 Å². The van der Waals surface area contributed by atoms with Gasteiger partial charge in [0.15, 0.2) is 4.34 Å². The molecule has 100 valence electrons. The van der Waals surface area contributed by atoms with E-state index in [0.29, 0.717) is 5.75 Å². The fourth-order valence-corrected chi connectivity index (χ4v) is 3.57. The lowest BCUT2D eigenvalue weighted by Crippen LogP contribution is -2.16. The van der Waals surface area contributed by atoms with E-state index in [-0.39, 0.29) is 11.9 Å². The zero-order chi connectivity index (χ0) is 13.7. The summed E-state index contributed by atoms with van der Waals surface area (Å²) in [6.07, 6.45) is 0. The number of benzene rings is 1. The highest BCUT2D eigenvalue weighted by Gasteiger charge is 2.22. The van der Waals surface area contributed by atoms with Crippen molar-refractivity contribution in [2.45, 2.75) is 17.2 Å². The predicted molar refractivity (Wildman–Crippen MR) is 76.6 cm³/mol. The summed E-state index contributed by atoms with van der Waals surface area (Å²) in [5.41, 5.74) is 0.961. The van der Waals surface area contributed by atoms with Gasteiger partial charge < -0.3 is 4.74 Å². The zero-order valence-electron chi connectivity index (χ0n) is 10.7. The van der Waals surface area contributed by atoms with Crippen LogP contribution in [-0.4, -0.2) is 29.0 Å². The van der Waals surface area contributed by atoms with E-state index in [1.807, 2.05) is 37.3 Å². The van der Waals surface area contributed by atoms with Gasteiger partial charge in [0.05, 0.1) is 13.0 Å². The van der Waals surface area contributed by atoms with Crippen molar-refractivity contribution in [2.75, 3.05) is 12.9 Å². The lowest BCUT2D eigenvalue weighted by Gasteiger charge is -2.13. The summed E-state index contributed by atoms with van der Waals surface area (Å²) in [4.78, 5) is 11.9. The van der Waals surface area contributed by atoms with Gasteiger partial charge >= 0.3 is 5.97 Å². The van der Waals surface area contributed by atoms with Crippen molar-refractivity contribution in [1.29, 1.82) is 0 Å². The lowest BCUT2D eigenvalue weighted by atomic mass is 10.0. The van der Waals surface area contributed by atoms with Crippen LogP contribution in [-0.2, 0) is 9.53 Å². The second-order valence-electron chi connectivity index (χ2n) is 3.88. The quantitative estimate of drug-likeness (QED) is 0.627. The topological polar surface area (TPSA) is 52.1 Å². The Hall–Kier alpha value is -1.40. The average molecular weight is 294 g/mol. The molecule has 4 nitrogen and oxygen atoms in total. The number of aromatic nitrogens is 2. The molecule has 1 unspecified atom stereocenters. The molecule has 0 radical (unpaired) electrons. The molecule has 0 saturated carbocycles. The van der Waals surface area contributed by atoms with Gasteiger partial charge in [-0.25, -0.2) is 0 Å². The van der Waals surface area contributed by atoms with Gasteiger partial charge in [0.2, 0.25) is 0 Å². The average Bonchev–Trinajstić information content (AvgIpc) is 2.85. The van der Waals surface area contributed by atoms with Gasteiger partial charge in [-0.2, -0.15) is 0 Å². The van der Waals surface area contributed by atoms with E-state index in [1.54, 1.807) is 0 Å². The highest BCUT2D eigenvalue weighted by molar-refractivity contribution is 8.01. The zero-order valence-corrected chi connectivity index (χ0v) is 12.3. The minimum absolute atomic E-state index is 0.222. The minimum Gasteiger partial charge on any atom is -0.469 e. The third-order valence-corrected chi connectivity index (χ3v) is 4.63. The maximum absolute atomic E-state index is 11.9. The molecule has 1 aromatic heterocycles. The first-order valence-electron chi connectivity index (χ1n) is 5.76. The number of carbonyl (C=O) groups excluding carboxylic acids is 1. The van der Waals surface area contributed by atoms with E-state index in [9.17, 15) is 4.79 Å². The monoisotopic (exact) mass is 294 g/mol. The Labute approximate surface area is 120 Å². The number of aryl methyl sites for hydroxylation is 1. The van der Waals surface area contributed by atoms with Gasteiger partial charge in [-0.15, -0.1) is 10.2 Å². The largest absolute Gasteiger partial charge is 0.469 e. The molecule has 0 spiro atoms. The molecular formula is C13H14N2O2S2. The molecular weight excluding hydrogens is 280 g/mol. The Balaban J connectivity index is 2.09. The number of thioether (sulfide) groups is 1. The van der Waals surface area contributed by atoms with Crippen LogP contribution < -0.4 is 0 Å². The summed E-state index contributed by atoms with van der Waals surface area (Å²) in [6, 6.07) is 9.65. The van der Waals surface area contributed by atoms with E-state index in [1.165, 1.54) is 30.2 Å². The molecule has 2 rings (SSSR count). The summed E-state index contributed by atoms with van der Waals surface area (Å²) in [6.45, 7) is 1.91. The van der Waals surface area contributed by atoms with Crippen LogP contribution in [0.3, 0.4) is 0 Å². The number of hydrogen-bond acceptors (Lipinski definition) is 6. The maximum atomic E-state index is 11.9. The SMILES string of the molecule is COC(=O)C(CSc1nnc(C)s1)c1ccccc1. The third-order valence-electron chi connectivity index (χ3n) is 2.57. The lowest BCUT2D eigenvalue weighted by molar-refractivity contribution is -0.141. The van der Waals surface area contributed by atoms with E-state index < -0.39 is 0 Å². The molecule has 1 aromatic carbocycles. The molecule has 0 aliphatic rings. The number of rotatable bonds is 5. The van der Waals surface area contributed by atoms with Crippen molar-refractivity contribution in [1.82, 2.24) is 10.2 Å². The molecule has 0 saturated heterocycles. The van der Waals surface area contributed by atoms with Crippen LogP contribution in [0.4, 0.5) is 0 Å². The van der Waals surface area contributed by atoms with Crippen LogP contribution in [0.15, 0.2) is 34.7 Å². The number of esters is 1. The smallest absolute Gasteiger partial charge is 0.313 e. The fraction of sp³-hybridized carbons (Fsp3) is 0.308. The Morgan fingerprint density at radius 3 is 2.68 bits per heavy atom. The van der Waals surface area contributed by atoms with Gasteiger partial charge in [0.25, 0.3) is 0 Å². The van der Waals surface area contributed by atoms with Crippen LogP contribution in [0.2, 0.25) is 0 Å². The number of carbonyl (C=O) groups is 1. The molecule has 0 amide bonds. The molecule has 19 heavy (non-hydrogen) atoms. The molecule has 0 aliphatic carbocycles. The van der Waals surface area contributed by atoms with Gasteiger partial charge in [-0.3, -0.25) is 4.79 Å². The Bertz CT molecular complexity index is 543. The predicted octanol–water partition coefficient (Wildman–Crippen LogP) is 2.90. The molecule has 2 aromatic rings. The van der Waals surface area contributed by atoms with Gasteiger partial charge in [-0.05, 0) is 12.5 Å². The van der Waals surface area contributed by atoms with Crippen molar-refractivity contribution in [2.24, 2.45) is 0 Å². The van der Waals surface area contributed by atoms with E-state index in [2.05, 4.69) is 10.2 Å². The molecule has 0 bridgehead atoms. The van der Waals surface area contributed by atoms with Crippen LogP contribution in [0.25, 0.3) is 0 Å². The van der Waals surface area contributed by atoms with Crippen LogP contribution in [0, 0.1) is 6.92 Å². The first-order chi connectivity index (χ1) is 9.20. The van der Waals surface area contributed by atoms with Crippen LogP contribution in [0.1, 0.15) is 16.5 Å². The summed E-state index contributed by atoms with van der Waals surface area (Å²) in [5.74, 6) is 0.103. The van der Waals surface area contributed by atoms with E-state index in [0.717, 1.165) is 14.9 Å². The summed E-state index contributed by atoms with van der Waals surface area (Å²) in [7, 11) is 1.41. The molecule has 0 fully saturated rings. The molecule has 1 atom stereocenters. The van der Waals surface area contributed by atoms with Crippen LogP contribution in [0.5, 0.6) is 0 Å². The number of nitrogens with zero attached hydrogens (tertiary/aromatic N) is 2. The van der Waals surface area contributed by atoms with E-state index >= 15 is 0 Å². The number of ether oxygens (including phenoxy) is 1. The van der Waals surface area contributed by atoms with Crippen molar-refractivity contribution in [3.05, 3.63) is 40.9 Å². The van der Waals surface area contributed by atoms with Crippen molar-refractivity contribution in [3.8, 4) is 0 Å². The molecule has 1 heterocycles. The second kappa shape index (κ2) is 6.68. The van der Waals surface area contributed by atoms with Gasteiger partial charge in [-0.1, -0.05) is 53.4 Å². The Morgan fingerprint density at radius 1 is 1.37 bits per heavy atom. The fourth-order valence-electron chi connectivity index (χ4n) is 1.62. The van der Waals surface area contributed by atoms with Gasteiger partial charge in [0, 0.05) is 5.75 Å². The van der Waals surface area contributed by atoms with Crippen molar-refractivity contribution >= 4 is 29.1 Å². The Kier molecular flexibility index (Phi) is 4.93. The molecule has 6 heteroatoms. The molecule has 0 N–H and O–H groups in total.